The largest absolute Gasteiger partial charge is 0.359 e. The topological polar surface area (TPSA) is 57.8 Å². The van der Waals surface area contributed by atoms with Gasteiger partial charge in [0.15, 0.2) is 0 Å². The summed E-state index contributed by atoms with van der Waals surface area (Å²) in [6.45, 7) is 0. The van der Waals surface area contributed by atoms with Crippen LogP contribution in [0.5, 0.6) is 0 Å². The highest BCUT2D eigenvalue weighted by molar-refractivity contribution is 6.36. The highest BCUT2D eigenvalue weighted by Gasteiger charge is 2.27. The minimum Gasteiger partial charge on any atom is -0.359 e. The minimum atomic E-state index is -0.0471. The van der Waals surface area contributed by atoms with Gasteiger partial charge in [0.05, 0.1) is 5.57 Å². The summed E-state index contributed by atoms with van der Waals surface area (Å²) in [7, 11) is 0. The third kappa shape index (κ3) is 2.46. The molecule has 0 radical (unpaired) electrons. The second kappa shape index (κ2) is 5.99. The molecule has 26 heavy (non-hydrogen) atoms. The Morgan fingerprint density at radius 2 is 1.88 bits per heavy atom. The monoisotopic (exact) mass is 341 g/mol. The standard InChI is InChI=1S/C22H19N3O/c26-22-18(13-16-12-15-4-1-2-6-19(15)24-16)21-17(5-3-7-20(21)25-22)14-8-10-23-11-9-14/h3,5,7-13,24H,1-2,4,6H2,(H,25,26). The molecule has 1 aromatic carbocycles. The van der Waals surface area contributed by atoms with E-state index in [9.17, 15) is 4.79 Å². The fraction of sp³-hybridized carbons (Fsp3) is 0.182. The zero-order valence-corrected chi connectivity index (χ0v) is 14.4. The van der Waals surface area contributed by atoms with Gasteiger partial charge in [-0.1, -0.05) is 12.1 Å². The zero-order valence-electron chi connectivity index (χ0n) is 14.4. The lowest BCUT2D eigenvalue weighted by molar-refractivity contribution is -0.110. The van der Waals surface area contributed by atoms with E-state index in [1.54, 1.807) is 12.4 Å². The third-order valence-corrected chi connectivity index (χ3v) is 5.25. The molecule has 1 amide bonds. The molecule has 1 aliphatic carbocycles. The number of H-pyrrole nitrogens is 1. The van der Waals surface area contributed by atoms with Crippen molar-refractivity contribution in [2.45, 2.75) is 25.7 Å². The predicted octanol–water partition coefficient (Wildman–Crippen LogP) is 4.45. The van der Waals surface area contributed by atoms with E-state index in [-0.39, 0.29) is 5.91 Å². The number of aromatic nitrogens is 2. The number of nitrogens with one attached hydrogen (secondary N) is 2. The van der Waals surface area contributed by atoms with Crippen LogP contribution in [0.1, 0.15) is 35.4 Å². The summed E-state index contributed by atoms with van der Waals surface area (Å²) in [6.07, 6.45) is 10.3. The van der Waals surface area contributed by atoms with Gasteiger partial charge in [0.2, 0.25) is 0 Å². The van der Waals surface area contributed by atoms with Gasteiger partial charge >= 0.3 is 0 Å². The van der Waals surface area contributed by atoms with Crippen molar-refractivity contribution in [1.29, 1.82) is 0 Å². The number of fused-ring (bicyclic) bond motifs is 2. The number of hydrogen-bond acceptors (Lipinski definition) is 2. The van der Waals surface area contributed by atoms with Gasteiger partial charge in [-0.2, -0.15) is 0 Å². The fourth-order valence-electron chi connectivity index (χ4n) is 4.02. The van der Waals surface area contributed by atoms with Gasteiger partial charge in [-0.25, -0.2) is 0 Å². The molecule has 0 fully saturated rings. The third-order valence-electron chi connectivity index (χ3n) is 5.25. The number of carbonyl (C=O) groups is 1. The average molecular weight is 341 g/mol. The molecule has 0 spiro atoms. The Hall–Kier alpha value is -3.14. The lowest BCUT2D eigenvalue weighted by Crippen LogP contribution is -2.03. The molecular formula is C22H19N3O. The SMILES string of the molecule is O=C1Nc2cccc(-c3ccncc3)c2C1=Cc1cc2c([nH]1)CCCC2. The normalized spacial score (nSPS) is 17.1. The first-order valence-corrected chi connectivity index (χ1v) is 9.07. The van der Waals surface area contributed by atoms with Crippen LogP contribution in [0.3, 0.4) is 0 Å². The average Bonchev–Trinajstić information content (AvgIpc) is 3.23. The molecule has 2 N–H and O–H groups in total. The molecule has 2 aromatic heterocycles. The summed E-state index contributed by atoms with van der Waals surface area (Å²) in [4.78, 5) is 20.3. The van der Waals surface area contributed by atoms with Crippen LogP contribution >= 0.6 is 0 Å². The van der Waals surface area contributed by atoms with Crippen LogP contribution in [0.25, 0.3) is 22.8 Å². The van der Waals surface area contributed by atoms with Crippen molar-refractivity contribution in [2.75, 3.05) is 5.32 Å². The van der Waals surface area contributed by atoms with Gasteiger partial charge in [0.1, 0.15) is 0 Å². The molecule has 0 saturated heterocycles. The molecule has 3 aromatic rings. The molecular weight excluding hydrogens is 322 g/mol. The smallest absolute Gasteiger partial charge is 0.256 e. The lowest BCUT2D eigenvalue weighted by atomic mass is 9.95. The molecule has 128 valence electrons. The number of amides is 1. The summed E-state index contributed by atoms with van der Waals surface area (Å²) in [6, 6.07) is 12.1. The summed E-state index contributed by atoms with van der Waals surface area (Å²) in [5.74, 6) is -0.0471. The van der Waals surface area contributed by atoms with Gasteiger partial charge in [-0.05, 0) is 72.7 Å². The molecule has 3 heterocycles. The van der Waals surface area contributed by atoms with Crippen LogP contribution in [0.4, 0.5) is 5.69 Å². The molecule has 1 aliphatic heterocycles. The Bertz CT molecular complexity index is 1010. The maximum Gasteiger partial charge on any atom is 0.256 e. The van der Waals surface area contributed by atoms with E-state index in [1.807, 2.05) is 30.3 Å². The van der Waals surface area contributed by atoms with Crippen molar-refractivity contribution >= 4 is 23.2 Å². The van der Waals surface area contributed by atoms with Crippen molar-refractivity contribution < 1.29 is 4.79 Å². The van der Waals surface area contributed by atoms with E-state index in [4.69, 9.17) is 0 Å². The fourth-order valence-corrected chi connectivity index (χ4v) is 4.02. The highest BCUT2D eigenvalue weighted by Crippen LogP contribution is 2.40. The molecule has 0 atom stereocenters. The number of carbonyl (C=O) groups excluding carboxylic acids is 1. The zero-order chi connectivity index (χ0) is 17.5. The number of pyridine rings is 1. The number of benzene rings is 1. The summed E-state index contributed by atoms with van der Waals surface area (Å²) < 4.78 is 0. The van der Waals surface area contributed by atoms with Gasteiger partial charge in [0, 0.05) is 35.0 Å². The van der Waals surface area contributed by atoms with Crippen LogP contribution < -0.4 is 5.32 Å². The van der Waals surface area contributed by atoms with Crippen molar-refractivity contribution in [3.63, 3.8) is 0 Å². The first kappa shape index (κ1) is 15.1. The Morgan fingerprint density at radius 3 is 2.73 bits per heavy atom. The number of nitrogens with zero attached hydrogens (tertiary/aromatic N) is 1. The Kier molecular flexibility index (Phi) is 3.49. The van der Waals surface area contributed by atoms with Crippen LogP contribution in [0, 0.1) is 0 Å². The maximum absolute atomic E-state index is 12.7. The minimum absolute atomic E-state index is 0.0471. The van der Waals surface area contributed by atoms with Crippen LogP contribution in [0.2, 0.25) is 0 Å². The van der Waals surface area contributed by atoms with Crippen molar-refractivity contribution in [3.8, 4) is 11.1 Å². The van der Waals surface area contributed by atoms with Gasteiger partial charge in [0.25, 0.3) is 5.91 Å². The first-order valence-electron chi connectivity index (χ1n) is 9.07. The van der Waals surface area contributed by atoms with E-state index >= 15 is 0 Å². The van der Waals surface area contributed by atoms with Gasteiger partial charge in [-0.3, -0.25) is 9.78 Å². The number of rotatable bonds is 2. The number of aryl methyl sites for hydroxylation is 2. The van der Waals surface area contributed by atoms with E-state index in [2.05, 4.69) is 27.4 Å². The van der Waals surface area contributed by atoms with Gasteiger partial charge in [-0.15, -0.1) is 0 Å². The maximum atomic E-state index is 12.7. The van der Waals surface area contributed by atoms with Crippen LogP contribution in [0.15, 0.2) is 48.8 Å². The first-order chi connectivity index (χ1) is 12.8. The quantitative estimate of drug-likeness (QED) is 0.677. The lowest BCUT2D eigenvalue weighted by Gasteiger charge is -2.09. The van der Waals surface area contributed by atoms with Gasteiger partial charge < -0.3 is 10.3 Å². The highest BCUT2D eigenvalue weighted by atomic mass is 16.2. The van der Waals surface area contributed by atoms with E-state index < -0.39 is 0 Å². The van der Waals surface area contributed by atoms with E-state index in [0.717, 1.165) is 40.9 Å². The Morgan fingerprint density at radius 1 is 1.04 bits per heavy atom. The summed E-state index contributed by atoms with van der Waals surface area (Å²) in [5.41, 5.74) is 8.39. The number of hydrogen-bond donors (Lipinski definition) is 2. The predicted molar refractivity (Wildman–Crippen MR) is 104 cm³/mol. The van der Waals surface area contributed by atoms with Crippen LogP contribution in [-0.2, 0) is 17.6 Å². The van der Waals surface area contributed by atoms with E-state index in [0.29, 0.717) is 5.57 Å². The molecule has 0 bridgehead atoms. The summed E-state index contributed by atoms with van der Waals surface area (Å²) in [5, 5.41) is 3.00. The summed E-state index contributed by atoms with van der Waals surface area (Å²) >= 11 is 0. The van der Waals surface area contributed by atoms with Crippen LogP contribution in [-0.4, -0.2) is 15.9 Å². The molecule has 4 heteroatoms. The Balaban J connectivity index is 1.64. The molecule has 2 aliphatic rings. The Labute approximate surface area is 152 Å². The number of aromatic amines is 1. The van der Waals surface area contributed by atoms with E-state index in [1.165, 1.54) is 24.1 Å². The second-order valence-electron chi connectivity index (χ2n) is 6.91. The van der Waals surface area contributed by atoms with Crippen molar-refractivity contribution in [1.82, 2.24) is 9.97 Å². The molecule has 0 unspecified atom stereocenters. The molecule has 4 nitrogen and oxygen atoms in total. The van der Waals surface area contributed by atoms with Crippen molar-refractivity contribution in [2.24, 2.45) is 0 Å². The molecule has 0 saturated carbocycles. The molecule has 5 rings (SSSR count). The van der Waals surface area contributed by atoms with Crippen molar-refractivity contribution in [3.05, 3.63) is 71.3 Å². The second-order valence-corrected chi connectivity index (χ2v) is 6.91. The number of anilines is 1.